The van der Waals surface area contributed by atoms with Crippen LogP contribution in [0.2, 0.25) is 0 Å². The molecule has 0 spiro atoms. The Bertz CT molecular complexity index is 248. The minimum atomic E-state index is -0.771. The maximum atomic E-state index is 11.2. The first-order valence-electron chi connectivity index (χ1n) is 3.90. The van der Waals surface area contributed by atoms with E-state index in [0.29, 0.717) is 10.9 Å². The average Bonchev–Trinajstić information content (AvgIpc) is 2.04. The second-order valence-corrected chi connectivity index (χ2v) is 3.18. The van der Waals surface area contributed by atoms with Crippen molar-refractivity contribution < 1.29 is 14.3 Å². The van der Waals surface area contributed by atoms with Gasteiger partial charge >= 0.3 is 5.97 Å². The summed E-state index contributed by atoms with van der Waals surface area (Å²) < 4.78 is 5.13. The molecule has 0 aromatic heterocycles. The van der Waals surface area contributed by atoms with E-state index in [9.17, 15) is 9.59 Å². The number of primary amides is 1. The molecule has 4 nitrogen and oxygen atoms in total. The highest BCUT2D eigenvalue weighted by Crippen LogP contribution is 2.16. The predicted octanol–water partition coefficient (Wildman–Crippen LogP) is 1.09. The summed E-state index contributed by atoms with van der Waals surface area (Å²) in [5.41, 5.74) is 4.91. The summed E-state index contributed by atoms with van der Waals surface area (Å²) in [4.78, 5) is 22.0. The zero-order valence-electron chi connectivity index (χ0n) is 7.59. The monoisotopic (exact) mass is 249 g/mol. The van der Waals surface area contributed by atoms with Crippen LogP contribution in [-0.4, -0.2) is 18.5 Å². The van der Waals surface area contributed by atoms with Gasteiger partial charge in [-0.15, -0.1) is 0 Å². The van der Waals surface area contributed by atoms with Gasteiger partial charge in [0.15, 0.2) is 0 Å². The molecule has 1 amide bonds. The first kappa shape index (κ1) is 12.2. The quantitative estimate of drug-likeness (QED) is 0.351. The van der Waals surface area contributed by atoms with Crippen LogP contribution in [0.25, 0.3) is 0 Å². The number of ether oxygens (including phenoxy) is 1. The number of esters is 1. The van der Waals surface area contributed by atoms with Crippen molar-refractivity contribution in [1.29, 1.82) is 0 Å². The number of hydrogen-bond acceptors (Lipinski definition) is 3. The molecular weight excluding hydrogens is 238 g/mol. The summed E-state index contributed by atoms with van der Waals surface area (Å²) in [7, 11) is 0. The molecule has 0 unspecified atom stereocenters. The van der Waals surface area contributed by atoms with E-state index in [0.717, 1.165) is 0 Å². The highest BCUT2D eigenvalue weighted by Gasteiger charge is 2.19. The van der Waals surface area contributed by atoms with Gasteiger partial charge in [0, 0.05) is 4.48 Å². The first-order chi connectivity index (χ1) is 6.04. The molecule has 13 heavy (non-hydrogen) atoms. The van der Waals surface area contributed by atoms with Crippen LogP contribution >= 0.6 is 15.9 Å². The van der Waals surface area contributed by atoms with Gasteiger partial charge < -0.3 is 10.5 Å². The van der Waals surface area contributed by atoms with E-state index < -0.39 is 11.9 Å². The van der Waals surface area contributed by atoms with Crippen LogP contribution in [0.5, 0.6) is 0 Å². The number of amides is 1. The van der Waals surface area contributed by atoms with Crippen molar-refractivity contribution in [1.82, 2.24) is 0 Å². The Balaban J connectivity index is 4.82. The van der Waals surface area contributed by atoms with Crippen LogP contribution in [0.15, 0.2) is 10.1 Å². The smallest absolute Gasteiger partial charge is 0.344 e. The fraction of sp³-hybridized carbons (Fsp3) is 0.500. The molecule has 0 saturated carbocycles. The number of carbonyl (C=O) groups is 2. The van der Waals surface area contributed by atoms with Gasteiger partial charge in [0.2, 0.25) is 0 Å². The summed E-state index contributed by atoms with van der Waals surface area (Å²) in [5.74, 6) is -1.45. The van der Waals surface area contributed by atoms with E-state index >= 15 is 0 Å². The van der Waals surface area contributed by atoms with E-state index in [2.05, 4.69) is 20.7 Å². The number of rotatable bonds is 4. The lowest BCUT2D eigenvalue weighted by molar-refractivity contribution is -0.139. The van der Waals surface area contributed by atoms with E-state index in [1.54, 1.807) is 13.8 Å². The number of nitrogens with two attached hydrogens (primary N) is 1. The number of halogens is 1. The molecule has 0 aliphatic heterocycles. The van der Waals surface area contributed by atoms with Gasteiger partial charge in [-0.1, -0.05) is 22.9 Å². The second-order valence-electron chi connectivity index (χ2n) is 2.22. The molecule has 0 bridgehead atoms. The molecule has 0 aliphatic rings. The SMILES string of the molecule is CCOC(=O)/C(C(N)=O)=C(\Br)CC. The molecule has 0 rings (SSSR count). The summed E-state index contributed by atoms with van der Waals surface area (Å²) in [5, 5.41) is 0. The van der Waals surface area contributed by atoms with Crippen molar-refractivity contribution >= 4 is 27.8 Å². The molecule has 0 heterocycles. The Labute approximate surface area is 85.2 Å². The van der Waals surface area contributed by atoms with Gasteiger partial charge in [-0.05, 0) is 13.3 Å². The highest BCUT2D eigenvalue weighted by molar-refractivity contribution is 9.11. The lowest BCUT2D eigenvalue weighted by Gasteiger charge is -2.04. The maximum absolute atomic E-state index is 11.2. The summed E-state index contributed by atoms with van der Waals surface area (Å²) in [6, 6.07) is 0. The fourth-order valence-corrected chi connectivity index (χ4v) is 1.08. The van der Waals surface area contributed by atoms with Crippen molar-refractivity contribution in [2.75, 3.05) is 6.61 Å². The molecule has 5 heteroatoms. The summed E-state index contributed by atoms with van der Waals surface area (Å²) in [6.45, 7) is 3.68. The third kappa shape index (κ3) is 3.59. The molecule has 0 aromatic carbocycles. The van der Waals surface area contributed by atoms with Crippen molar-refractivity contribution in [2.24, 2.45) is 5.73 Å². The van der Waals surface area contributed by atoms with Crippen LogP contribution in [0.1, 0.15) is 20.3 Å². The number of allylic oxidation sites excluding steroid dienone is 1. The van der Waals surface area contributed by atoms with Crippen molar-refractivity contribution in [3.63, 3.8) is 0 Å². The molecule has 74 valence electrons. The van der Waals surface area contributed by atoms with E-state index in [1.807, 2.05) is 0 Å². The Morgan fingerprint density at radius 3 is 2.23 bits per heavy atom. The van der Waals surface area contributed by atoms with Gasteiger partial charge in [0.05, 0.1) is 6.61 Å². The molecule has 0 saturated heterocycles. The Morgan fingerprint density at radius 2 is 1.92 bits per heavy atom. The lowest BCUT2D eigenvalue weighted by Crippen LogP contribution is -2.23. The Morgan fingerprint density at radius 1 is 1.38 bits per heavy atom. The van der Waals surface area contributed by atoms with E-state index in [1.165, 1.54) is 0 Å². The summed E-state index contributed by atoms with van der Waals surface area (Å²) in [6.07, 6.45) is 0.525. The minimum Gasteiger partial charge on any atom is -0.462 e. The highest BCUT2D eigenvalue weighted by atomic mass is 79.9. The molecule has 0 aliphatic carbocycles. The van der Waals surface area contributed by atoms with E-state index in [4.69, 9.17) is 5.73 Å². The van der Waals surface area contributed by atoms with Gasteiger partial charge in [-0.2, -0.15) is 0 Å². The lowest BCUT2D eigenvalue weighted by atomic mass is 10.2. The minimum absolute atomic E-state index is 0.107. The van der Waals surface area contributed by atoms with Gasteiger partial charge in [-0.25, -0.2) is 4.79 Å². The molecule has 0 radical (unpaired) electrons. The van der Waals surface area contributed by atoms with Crippen LogP contribution in [0.3, 0.4) is 0 Å². The number of hydrogen-bond donors (Lipinski definition) is 1. The summed E-state index contributed by atoms with van der Waals surface area (Å²) >= 11 is 3.09. The van der Waals surface area contributed by atoms with Gasteiger partial charge in [0.25, 0.3) is 5.91 Å². The van der Waals surface area contributed by atoms with Crippen molar-refractivity contribution in [3.05, 3.63) is 10.1 Å². The standard InChI is InChI=1S/C8H12BrNO3/c1-3-5(9)6(7(10)11)8(12)13-4-2/h3-4H2,1-2H3,(H2,10,11)/b6-5-. The molecule has 0 atom stereocenters. The molecule has 0 fully saturated rings. The molecule has 2 N–H and O–H groups in total. The zero-order valence-corrected chi connectivity index (χ0v) is 9.18. The maximum Gasteiger partial charge on any atom is 0.344 e. The topological polar surface area (TPSA) is 69.4 Å². The van der Waals surface area contributed by atoms with Gasteiger partial charge in [-0.3, -0.25) is 4.79 Å². The average molecular weight is 250 g/mol. The largest absolute Gasteiger partial charge is 0.462 e. The number of carbonyl (C=O) groups excluding carboxylic acids is 2. The fourth-order valence-electron chi connectivity index (χ4n) is 0.725. The first-order valence-corrected chi connectivity index (χ1v) is 4.69. The molecular formula is C8H12BrNO3. The predicted molar refractivity (Wildman–Crippen MR) is 52.1 cm³/mol. The Hall–Kier alpha value is -0.840. The zero-order chi connectivity index (χ0) is 10.4. The second kappa shape index (κ2) is 5.75. The van der Waals surface area contributed by atoms with Crippen LogP contribution in [0, 0.1) is 0 Å². The van der Waals surface area contributed by atoms with Crippen molar-refractivity contribution in [2.45, 2.75) is 20.3 Å². The third-order valence-corrected chi connectivity index (χ3v) is 2.26. The molecule has 0 aromatic rings. The third-order valence-electron chi connectivity index (χ3n) is 1.31. The van der Waals surface area contributed by atoms with Crippen LogP contribution in [0.4, 0.5) is 0 Å². The van der Waals surface area contributed by atoms with Crippen LogP contribution in [-0.2, 0) is 14.3 Å². The van der Waals surface area contributed by atoms with Crippen molar-refractivity contribution in [3.8, 4) is 0 Å². The normalized spacial score (nSPS) is 11.9. The van der Waals surface area contributed by atoms with E-state index in [-0.39, 0.29) is 12.2 Å². The van der Waals surface area contributed by atoms with Crippen LogP contribution < -0.4 is 5.73 Å². The Kier molecular flexibility index (Phi) is 5.37. The van der Waals surface area contributed by atoms with Gasteiger partial charge in [0.1, 0.15) is 5.57 Å².